The zero-order chi connectivity index (χ0) is 11.3. The van der Waals surface area contributed by atoms with E-state index in [-0.39, 0.29) is 17.9 Å². The number of amides is 1. The number of rotatable bonds is 5. The Morgan fingerprint density at radius 1 is 1.67 bits per heavy atom. The zero-order valence-corrected chi connectivity index (χ0v) is 9.70. The van der Waals surface area contributed by atoms with Gasteiger partial charge in [0.1, 0.15) is 0 Å². The summed E-state index contributed by atoms with van der Waals surface area (Å²) in [5.74, 6) is 0.423. The number of nitrogens with one attached hydrogen (secondary N) is 1. The highest BCUT2D eigenvalue weighted by Crippen LogP contribution is 2.19. The highest BCUT2D eigenvalue weighted by Gasteiger charge is 2.28. The monoisotopic (exact) mass is 214 g/mol. The molecular formula is C11H22N2O2. The Labute approximate surface area is 91.6 Å². The maximum atomic E-state index is 11.7. The molecule has 15 heavy (non-hydrogen) atoms. The van der Waals surface area contributed by atoms with Crippen molar-refractivity contribution in [1.29, 1.82) is 0 Å². The van der Waals surface area contributed by atoms with Crippen molar-refractivity contribution in [1.82, 2.24) is 10.2 Å². The van der Waals surface area contributed by atoms with Crippen LogP contribution in [0.15, 0.2) is 0 Å². The molecule has 0 radical (unpaired) electrons. The minimum atomic E-state index is -0.300. The second-order valence-corrected chi connectivity index (χ2v) is 4.31. The first-order chi connectivity index (χ1) is 7.15. The highest BCUT2D eigenvalue weighted by atomic mass is 16.3. The van der Waals surface area contributed by atoms with E-state index in [0.29, 0.717) is 13.1 Å². The van der Waals surface area contributed by atoms with Crippen molar-refractivity contribution in [3.8, 4) is 0 Å². The lowest BCUT2D eigenvalue weighted by Crippen LogP contribution is -2.37. The molecule has 1 aliphatic rings. The fourth-order valence-electron chi connectivity index (χ4n) is 1.89. The second kappa shape index (κ2) is 6.08. The molecule has 0 aliphatic carbocycles. The van der Waals surface area contributed by atoms with Crippen LogP contribution in [0.1, 0.15) is 26.7 Å². The Balaban J connectivity index is 2.24. The van der Waals surface area contributed by atoms with Gasteiger partial charge in [-0.1, -0.05) is 6.92 Å². The maximum Gasteiger partial charge on any atom is 0.236 e. The minimum Gasteiger partial charge on any atom is -0.393 e. The van der Waals surface area contributed by atoms with Gasteiger partial charge in [-0.15, -0.1) is 0 Å². The van der Waals surface area contributed by atoms with Gasteiger partial charge in [-0.05, 0) is 26.3 Å². The van der Waals surface area contributed by atoms with Crippen molar-refractivity contribution in [2.45, 2.75) is 32.8 Å². The second-order valence-electron chi connectivity index (χ2n) is 4.31. The van der Waals surface area contributed by atoms with Crippen LogP contribution in [-0.4, -0.2) is 48.2 Å². The van der Waals surface area contributed by atoms with Crippen molar-refractivity contribution >= 4 is 5.91 Å². The Bertz CT molecular complexity index is 207. The van der Waals surface area contributed by atoms with Gasteiger partial charge in [0.25, 0.3) is 0 Å². The molecule has 0 aromatic carbocycles. The summed E-state index contributed by atoms with van der Waals surface area (Å²) in [5.41, 5.74) is 0. The van der Waals surface area contributed by atoms with E-state index in [0.717, 1.165) is 25.9 Å². The first kappa shape index (κ1) is 12.5. The molecule has 1 aliphatic heterocycles. The minimum absolute atomic E-state index is 0.159. The number of aliphatic hydroxyl groups excluding tert-OH is 1. The quantitative estimate of drug-likeness (QED) is 0.644. The number of aliphatic hydroxyl groups is 1. The third-order valence-electron chi connectivity index (χ3n) is 2.96. The number of carbonyl (C=O) groups excluding carboxylic acids is 1. The van der Waals surface area contributed by atoms with Crippen molar-refractivity contribution < 1.29 is 9.90 Å². The van der Waals surface area contributed by atoms with Gasteiger partial charge in [-0.2, -0.15) is 0 Å². The molecule has 2 unspecified atom stereocenters. The predicted molar refractivity (Wildman–Crippen MR) is 59.5 cm³/mol. The van der Waals surface area contributed by atoms with Crippen LogP contribution in [0.2, 0.25) is 0 Å². The molecule has 0 aromatic heterocycles. The fraction of sp³-hybridized carbons (Fsp3) is 0.909. The average Bonchev–Trinajstić information content (AvgIpc) is 2.66. The van der Waals surface area contributed by atoms with Gasteiger partial charge < -0.3 is 15.3 Å². The van der Waals surface area contributed by atoms with Gasteiger partial charge in [-0.3, -0.25) is 4.79 Å². The van der Waals surface area contributed by atoms with Crippen LogP contribution in [-0.2, 0) is 4.79 Å². The summed E-state index contributed by atoms with van der Waals surface area (Å²) in [5, 5.41) is 12.5. The summed E-state index contributed by atoms with van der Waals surface area (Å²) in [6.45, 7) is 6.71. The third-order valence-corrected chi connectivity index (χ3v) is 2.96. The average molecular weight is 214 g/mol. The van der Waals surface area contributed by atoms with E-state index in [1.165, 1.54) is 0 Å². The third kappa shape index (κ3) is 3.80. The van der Waals surface area contributed by atoms with Crippen LogP contribution in [0, 0.1) is 5.92 Å². The van der Waals surface area contributed by atoms with Gasteiger partial charge in [0, 0.05) is 19.0 Å². The summed E-state index contributed by atoms with van der Waals surface area (Å²) in [6, 6.07) is 0. The molecule has 1 fully saturated rings. The van der Waals surface area contributed by atoms with Crippen LogP contribution in [0.4, 0.5) is 0 Å². The van der Waals surface area contributed by atoms with Gasteiger partial charge in [-0.25, -0.2) is 0 Å². The summed E-state index contributed by atoms with van der Waals surface area (Å²) >= 11 is 0. The van der Waals surface area contributed by atoms with E-state index in [1.807, 2.05) is 4.90 Å². The van der Waals surface area contributed by atoms with E-state index in [1.54, 1.807) is 6.92 Å². The van der Waals surface area contributed by atoms with E-state index in [9.17, 15) is 9.90 Å². The van der Waals surface area contributed by atoms with Gasteiger partial charge in [0.15, 0.2) is 0 Å². The van der Waals surface area contributed by atoms with Crippen molar-refractivity contribution in [3.63, 3.8) is 0 Å². The van der Waals surface area contributed by atoms with Crippen LogP contribution >= 0.6 is 0 Å². The molecule has 1 saturated heterocycles. The van der Waals surface area contributed by atoms with E-state index in [2.05, 4.69) is 12.2 Å². The molecule has 2 N–H and O–H groups in total. The lowest BCUT2D eigenvalue weighted by atomic mass is 10.0. The molecular weight excluding hydrogens is 192 g/mol. The normalized spacial score (nSPS) is 23.1. The lowest BCUT2D eigenvalue weighted by molar-refractivity contribution is -0.129. The zero-order valence-electron chi connectivity index (χ0n) is 9.70. The van der Waals surface area contributed by atoms with Crippen LogP contribution in [0.3, 0.4) is 0 Å². The van der Waals surface area contributed by atoms with E-state index >= 15 is 0 Å². The molecule has 1 amide bonds. The molecule has 0 spiro atoms. The number of carbonyl (C=O) groups is 1. The van der Waals surface area contributed by atoms with E-state index < -0.39 is 0 Å². The Morgan fingerprint density at radius 3 is 2.93 bits per heavy atom. The summed E-state index contributed by atoms with van der Waals surface area (Å²) in [7, 11) is 0. The summed E-state index contributed by atoms with van der Waals surface area (Å²) in [6.07, 6.45) is 1.67. The van der Waals surface area contributed by atoms with Gasteiger partial charge in [0.05, 0.1) is 12.6 Å². The molecule has 0 bridgehead atoms. The first-order valence-electron chi connectivity index (χ1n) is 5.81. The van der Waals surface area contributed by atoms with Crippen LogP contribution in [0.25, 0.3) is 0 Å². The highest BCUT2D eigenvalue weighted by molar-refractivity contribution is 5.78. The van der Waals surface area contributed by atoms with Crippen LogP contribution in [0.5, 0.6) is 0 Å². The molecule has 2 atom stereocenters. The largest absolute Gasteiger partial charge is 0.393 e. The lowest BCUT2D eigenvalue weighted by Gasteiger charge is -2.17. The fourth-order valence-corrected chi connectivity index (χ4v) is 1.89. The Kier molecular flexibility index (Phi) is 5.05. The molecule has 4 nitrogen and oxygen atoms in total. The SMILES string of the molecule is CCCNCC(=O)N1CCC(C(C)O)C1. The number of likely N-dealkylation sites (tertiary alicyclic amines) is 1. The molecule has 4 heteroatoms. The smallest absolute Gasteiger partial charge is 0.236 e. The van der Waals surface area contributed by atoms with Gasteiger partial charge >= 0.3 is 0 Å². The maximum absolute atomic E-state index is 11.7. The summed E-state index contributed by atoms with van der Waals surface area (Å²) in [4.78, 5) is 13.5. The predicted octanol–water partition coefficient (Wildman–Crippen LogP) is 0.215. The molecule has 0 saturated carbocycles. The van der Waals surface area contributed by atoms with Crippen molar-refractivity contribution in [2.75, 3.05) is 26.2 Å². The molecule has 1 heterocycles. The Morgan fingerprint density at radius 2 is 2.40 bits per heavy atom. The van der Waals surface area contributed by atoms with Crippen LogP contribution < -0.4 is 5.32 Å². The van der Waals surface area contributed by atoms with Crippen molar-refractivity contribution in [3.05, 3.63) is 0 Å². The Hall–Kier alpha value is -0.610. The topological polar surface area (TPSA) is 52.6 Å². The first-order valence-corrected chi connectivity index (χ1v) is 5.81. The number of hydrogen-bond acceptors (Lipinski definition) is 3. The molecule has 0 aromatic rings. The standard InChI is InChI=1S/C11H22N2O2/c1-3-5-12-7-11(15)13-6-4-10(8-13)9(2)14/h9-10,12,14H,3-8H2,1-2H3. The molecule has 1 rings (SSSR count). The van der Waals surface area contributed by atoms with Crippen molar-refractivity contribution in [2.24, 2.45) is 5.92 Å². The summed E-state index contributed by atoms with van der Waals surface area (Å²) < 4.78 is 0. The number of hydrogen-bond donors (Lipinski definition) is 2. The van der Waals surface area contributed by atoms with E-state index in [4.69, 9.17) is 0 Å². The number of nitrogens with zero attached hydrogens (tertiary/aromatic N) is 1. The molecule has 88 valence electrons. The van der Waals surface area contributed by atoms with Gasteiger partial charge in [0.2, 0.25) is 5.91 Å².